The molecule has 128 valence electrons. The summed E-state index contributed by atoms with van der Waals surface area (Å²) >= 11 is 2.88. The highest BCUT2D eigenvalue weighted by atomic mass is 32.2. The van der Waals surface area contributed by atoms with Gasteiger partial charge in [-0.3, -0.25) is 4.79 Å². The van der Waals surface area contributed by atoms with Gasteiger partial charge in [0.2, 0.25) is 5.91 Å². The minimum Gasteiger partial charge on any atom is -0.323 e. The maximum absolute atomic E-state index is 13.5. The number of para-hydroxylation sites is 1. The van der Waals surface area contributed by atoms with E-state index in [-0.39, 0.29) is 23.2 Å². The molecular formula is C18H14F2N2OS2. The van der Waals surface area contributed by atoms with Gasteiger partial charge in [-0.1, -0.05) is 12.1 Å². The fraction of sp³-hybridized carbons (Fsp3) is 0.111. The highest BCUT2D eigenvalue weighted by molar-refractivity contribution is 7.99. The van der Waals surface area contributed by atoms with Gasteiger partial charge in [-0.2, -0.15) is 0 Å². The second kappa shape index (κ2) is 8.22. The average molecular weight is 376 g/mol. The highest BCUT2D eigenvalue weighted by Gasteiger charge is 2.09. The minimum absolute atomic E-state index is 0.181. The van der Waals surface area contributed by atoms with Crippen molar-refractivity contribution in [1.82, 2.24) is 4.98 Å². The fourth-order valence-corrected chi connectivity index (χ4v) is 3.74. The van der Waals surface area contributed by atoms with Gasteiger partial charge in [0, 0.05) is 16.7 Å². The lowest BCUT2D eigenvalue weighted by Crippen LogP contribution is -2.15. The molecule has 1 N–H and O–H groups in total. The Morgan fingerprint density at radius 2 is 1.88 bits per heavy atom. The Kier molecular flexibility index (Phi) is 5.78. The molecule has 0 unspecified atom stereocenters. The molecule has 0 bridgehead atoms. The van der Waals surface area contributed by atoms with E-state index < -0.39 is 5.82 Å². The zero-order valence-electron chi connectivity index (χ0n) is 13.0. The van der Waals surface area contributed by atoms with Crippen molar-refractivity contribution in [3.05, 3.63) is 71.2 Å². The first-order valence-corrected chi connectivity index (χ1v) is 9.48. The molecule has 7 heteroatoms. The van der Waals surface area contributed by atoms with Crippen LogP contribution in [0.25, 0.3) is 10.6 Å². The second-order valence-corrected chi connectivity index (χ2v) is 7.02. The van der Waals surface area contributed by atoms with E-state index in [0.29, 0.717) is 5.75 Å². The van der Waals surface area contributed by atoms with Gasteiger partial charge in [0.25, 0.3) is 0 Å². The predicted molar refractivity (Wildman–Crippen MR) is 98.7 cm³/mol. The van der Waals surface area contributed by atoms with Gasteiger partial charge in [0.1, 0.15) is 16.6 Å². The quantitative estimate of drug-likeness (QED) is 0.661. The van der Waals surface area contributed by atoms with Crippen molar-refractivity contribution in [2.24, 2.45) is 0 Å². The van der Waals surface area contributed by atoms with E-state index in [1.165, 1.54) is 47.4 Å². The number of nitrogens with zero attached hydrogens (tertiary/aromatic N) is 1. The fourth-order valence-electron chi connectivity index (χ4n) is 2.10. The summed E-state index contributed by atoms with van der Waals surface area (Å²) in [6, 6.07) is 12.2. The number of thioether (sulfide) groups is 1. The molecule has 0 aliphatic carbocycles. The van der Waals surface area contributed by atoms with Crippen molar-refractivity contribution in [3.63, 3.8) is 0 Å². The van der Waals surface area contributed by atoms with Gasteiger partial charge in [-0.25, -0.2) is 13.8 Å². The first-order valence-electron chi connectivity index (χ1n) is 7.44. The number of amides is 1. The van der Waals surface area contributed by atoms with E-state index in [0.717, 1.165) is 16.3 Å². The molecular weight excluding hydrogens is 362 g/mol. The molecule has 0 fully saturated rings. The third-order valence-corrected chi connectivity index (χ3v) is 5.18. The summed E-state index contributed by atoms with van der Waals surface area (Å²) in [5.41, 5.74) is 1.90. The van der Waals surface area contributed by atoms with Gasteiger partial charge in [-0.05, 0) is 36.4 Å². The smallest absolute Gasteiger partial charge is 0.234 e. The lowest BCUT2D eigenvalue weighted by Gasteiger charge is -2.05. The highest BCUT2D eigenvalue weighted by Crippen LogP contribution is 2.25. The van der Waals surface area contributed by atoms with Crippen LogP contribution in [0.3, 0.4) is 0 Å². The van der Waals surface area contributed by atoms with Gasteiger partial charge in [-0.15, -0.1) is 23.1 Å². The van der Waals surface area contributed by atoms with Gasteiger partial charge in [0.15, 0.2) is 0 Å². The summed E-state index contributed by atoms with van der Waals surface area (Å²) in [7, 11) is 0. The Hall–Kier alpha value is -2.25. The van der Waals surface area contributed by atoms with Crippen LogP contribution in [0, 0.1) is 11.6 Å². The number of nitrogens with one attached hydrogen (secondary N) is 1. The summed E-state index contributed by atoms with van der Waals surface area (Å²) in [4.78, 5) is 16.4. The number of benzene rings is 2. The zero-order valence-corrected chi connectivity index (χ0v) is 14.7. The number of hydrogen-bond acceptors (Lipinski definition) is 4. The summed E-state index contributed by atoms with van der Waals surface area (Å²) < 4.78 is 26.4. The maximum Gasteiger partial charge on any atom is 0.234 e. The molecule has 1 aromatic heterocycles. The molecule has 2 aromatic carbocycles. The van der Waals surface area contributed by atoms with Crippen molar-refractivity contribution in [3.8, 4) is 10.6 Å². The Morgan fingerprint density at radius 3 is 2.64 bits per heavy atom. The van der Waals surface area contributed by atoms with Crippen molar-refractivity contribution in [2.75, 3.05) is 11.1 Å². The number of aromatic nitrogens is 1. The number of hydrogen-bond donors (Lipinski definition) is 1. The predicted octanol–water partition coefficient (Wildman–Crippen LogP) is 4.96. The van der Waals surface area contributed by atoms with E-state index in [2.05, 4.69) is 10.3 Å². The van der Waals surface area contributed by atoms with Gasteiger partial charge >= 0.3 is 0 Å². The van der Waals surface area contributed by atoms with Crippen molar-refractivity contribution < 1.29 is 13.6 Å². The summed E-state index contributed by atoms with van der Waals surface area (Å²) in [5, 5.41) is 5.27. The maximum atomic E-state index is 13.5. The molecule has 1 heterocycles. The summed E-state index contributed by atoms with van der Waals surface area (Å²) in [6.45, 7) is 0. The Balaban J connectivity index is 1.50. The summed E-state index contributed by atoms with van der Waals surface area (Å²) in [6.07, 6.45) is 0. The molecule has 3 nitrogen and oxygen atoms in total. The molecule has 3 rings (SSSR count). The van der Waals surface area contributed by atoms with E-state index >= 15 is 0 Å². The Morgan fingerprint density at radius 1 is 1.12 bits per heavy atom. The van der Waals surface area contributed by atoms with Crippen molar-refractivity contribution in [1.29, 1.82) is 0 Å². The summed E-state index contributed by atoms with van der Waals surface area (Å²) in [5.74, 6) is -0.217. The van der Waals surface area contributed by atoms with Crippen molar-refractivity contribution in [2.45, 2.75) is 5.75 Å². The van der Waals surface area contributed by atoms with Crippen LogP contribution in [0.4, 0.5) is 14.5 Å². The third-order valence-electron chi connectivity index (χ3n) is 3.27. The molecule has 0 aliphatic rings. The number of halogens is 2. The third kappa shape index (κ3) is 4.87. The molecule has 0 saturated carbocycles. The lowest BCUT2D eigenvalue weighted by atomic mass is 10.2. The van der Waals surface area contributed by atoms with Gasteiger partial charge in [0.05, 0.1) is 17.1 Å². The monoisotopic (exact) mass is 376 g/mol. The second-order valence-electron chi connectivity index (χ2n) is 5.17. The molecule has 0 atom stereocenters. The molecule has 25 heavy (non-hydrogen) atoms. The van der Waals surface area contributed by atoms with Crippen LogP contribution in [0.1, 0.15) is 5.69 Å². The van der Waals surface area contributed by atoms with E-state index in [4.69, 9.17) is 0 Å². The Labute approximate surface area is 152 Å². The number of rotatable bonds is 6. The first-order chi connectivity index (χ1) is 12.1. The molecule has 0 spiro atoms. The molecule has 0 saturated heterocycles. The topological polar surface area (TPSA) is 42.0 Å². The normalized spacial score (nSPS) is 10.6. The zero-order chi connectivity index (χ0) is 17.6. The standard InChI is InChI=1S/C18H14F2N2OS2/c19-13-7-5-12(6-8-13)18-21-14(10-25-18)9-24-11-17(23)22-16-4-2-1-3-15(16)20/h1-8,10H,9,11H2,(H,22,23). The SMILES string of the molecule is O=C(CSCc1csc(-c2ccc(F)cc2)n1)Nc1ccccc1F. The first kappa shape index (κ1) is 17.6. The van der Waals surface area contributed by atoms with Crippen LogP contribution in [0.2, 0.25) is 0 Å². The molecule has 0 aliphatic heterocycles. The number of carbonyl (C=O) groups excluding carboxylic acids is 1. The largest absolute Gasteiger partial charge is 0.323 e. The molecule has 3 aromatic rings. The van der Waals surface area contributed by atoms with Crippen LogP contribution < -0.4 is 5.32 Å². The van der Waals surface area contributed by atoms with Crippen LogP contribution in [0.5, 0.6) is 0 Å². The van der Waals surface area contributed by atoms with Crippen LogP contribution in [0.15, 0.2) is 53.9 Å². The van der Waals surface area contributed by atoms with Crippen molar-refractivity contribution >= 4 is 34.7 Å². The van der Waals surface area contributed by atoms with Crippen LogP contribution in [-0.2, 0) is 10.5 Å². The number of anilines is 1. The molecule has 1 amide bonds. The lowest BCUT2D eigenvalue weighted by molar-refractivity contribution is -0.113. The number of carbonyl (C=O) groups is 1. The molecule has 0 radical (unpaired) electrons. The van der Waals surface area contributed by atoms with E-state index in [9.17, 15) is 13.6 Å². The van der Waals surface area contributed by atoms with E-state index in [1.54, 1.807) is 24.3 Å². The van der Waals surface area contributed by atoms with E-state index in [1.807, 2.05) is 5.38 Å². The van der Waals surface area contributed by atoms with Crippen LogP contribution in [-0.4, -0.2) is 16.6 Å². The average Bonchev–Trinajstić information content (AvgIpc) is 3.06. The minimum atomic E-state index is -0.454. The Bertz CT molecular complexity index is 866. The van der Waals surface area contributed by atoms with Crippen LogP contribution >= 0.6 is 23.1 Å². The van der Waals surface area contributed by atoms with Gasteiger partial charge < -0.3 is 5.32 Å². The number of thiazole rings is 1.